The highest BCUT2D eigenvalue weighted by molar-refractivity contribution is 5.61. The Hall–Kier alpha value is -1.15. The first-order chi connectivity index (χ1) is 7.60. The summed E-state index contributed by atoms with van der Waals surface area (Å²) in [7, 11) is 0. The molecule has 0 radical (unpaired) electrons. The molecule has 0 amide bonds. The van der Waals surface area contributed by atoms with Crippen LogP contribution in [0.5, 0.6) is 0 Å². The van der Waals surface area contributed by atoms with Crippen molar-refractivity contribution in [3.05, 3.63) is 0 Å². The molecule has 3 nitrogen and oxygen atoms in total. The van der Waals surface area contributed by atoms with Crippen molar-refractivity contribution in [3.63, 3.8) is 0 Å². The fraction of sp³-hybridized carbons (Fsp3) is 0.889. The fourth-order valence-corrected chi connectivity index (χ4v) is 0.714. The van der Waals surface area contributed by atoms with Crippen LogP contribution in [0.4, 0.5) is 31.1 Å². The molecule has 18 heavy (non-hydrogen) atoms. The Morgan fingerprint density at radius 2 is 1.11 bits per heavy atom. The summed E-state index contributed by atoms with van der Waals surface area (Å²) in [5.74, 6) is 0. The van der Waals surface area contributed by atoms with Crippen LogP contribution < -0.4 is 0 Å². The second kappa shape index (κ2) is 4.51. The standard InChI is InChI=1S/C9H12F6O3/c1-6(2,3)17-5(16)18-7(4,8(10,11)12)9(13,14)15/h1-4H3. The topological polar surface area (TPSA) is 35.5 Å². The van der Waals surface area contributed by atoms with Gasteiger partial charge in [0, 0.05) is 0 Å². The first-order valence-corrected chi connectivity index (χ1v) is 4.65. The Kier molecular flexibility index (Phi) is 4.22. The van der Waals surface area contributed by atoms with Crippen molar-refractivity contribution in [1.29, 1.82) is 0 Å². The fourth-order valence-electron chi connectivity index (χ4n) is 0.714. The Bertz CT molecular complexity index is 298. The molecule has 0 heterocycles. The molecule has 108 valence electrons. The van der Waals surface area contributed by atoms with E-state index in [0.717, 1.165) is 0 Å². The van der Waals surface area contributed by atoms with E-state index in [0.29, 0.717) is 0 Å². The SMILES string of the molecule is CC(C)(C)OC(=O)OC(C)(C(F)(F)F)C(F)(F)F. The average molecular weight is 282 g/mol. The average Bonchev–Trinajstić information content (AvgIpc) is 1.94. The van der Waals surface area contributed by atoms with E-state index in [1.165, 1.54) is 20.8 Å². The smallest absolute Gasteiger partial charge is 0.429 e. The Morgan fingerprint density at radius 3 is 1.33 bits per heavy atom. The van der Waals surface area contributed by atoms with Crippen LogP contribution in [0.2, 0.25) is 0 Å². The van der Waals surface area contributed by atoms with Gasteiger partial charge in [0.2, 0.25) is 0 Å². The quantitative estimate of drug-likeness (QED) is 0.541. The zero-order chi connectivity index (χ0) is 15.0. The zero-order valence-corrected chi connectivity index (χ0v) is 9.99. The number of halogens is 6. The summed E-state index contributed by atoms with van der Waals surface area (Å²) in [4.78, 5) is 10.9. The van der Waals surface area contributed by atoms with Gasteiger partial charge in [-0.1, -0.05) is 0 Å². The summed E-state index contributed by atoms with van der Waals surface area (Å²) in [6.45, 7) is 3.53. The minimum Gasteiger partial charge on any atom is -0.429 e. The monoisotopic (exact) mass is 282 g/mol. The van der Waals surface area contributed by atoms with Crippen molar-refractivity contribution < 1.29 is 40.6 Å². The highest BCUT2D eigenvalue weighted by Crippen LogP contribution is 2.45. The number of hydrogen-bond donors (Lipinski definition) is 0. The Labute approximate surface area is 99.0 Å². The van der Waals surface area contributed by atoms with Gasteiger partial charge in [-0.05, 0) is 27.7 Å². The van der Waals surface area contributed by atoms with Crippen molar-refractivity contribution in [2.45, 2.75) is 51.2 Å². The van der Waals surface area contributed by atoms with Crippen LogP contribution in [0.25, 0.3) is 0 Å². The lowest BCUT2D eigenvalue weighted by molar-refractivity contribution is -0.362. The molecular formula is C9H12F6O3. The van der Waals surface area contributed by atoms with Gasteiger partial charge in [-0.3, -0.25) is 0 Å². The van der Waals surface area contributed by atoms with Gasteiger partial charge in [-0.15, -0.1) is 0 Å². The maximum absolute atomic E-state index is 12.3. The van der Waals surface area contributed by atoms with Gasteiger partial charge < -0.3 is 9.47 Å². The molecule has 0 unspecified atom stereocenters. The summed E-state index contributed by atoms with van der Waals surface area (Å²) >= 11 is 0. The predicted molar refractivity (Wildman–Crippen MR) is 47.8 cm³/mol. The summed E-state index contributed by atoms with van der Waals surface area (Å²) in [5, 5.41) is 0. The van der Waals surface area contributed by atoms with Gasteiger partial charge in [-0.25, -0.2) is 4.79 Å². The third-order valence-corrected chi connectivity index (χ3v) is 1.76. The van der Waals surface area contributed by atoms with Crippen LogP contribution in [0.3, 0.4) is 0 Å². The maximum atomic E-state index is 12.3. The second-order valence-electron chi connectivity index (χ2n) is 4.60. The normalized spacial score (nSPS) is 14.3. The lowest BCUT2D eigenvalue weighted by atomic mass is 10.1. The molecule has 0 aromatic rings. The van der Waals surface area contributed by atoms with E-state index in [2.05, 4.69) is 9.47 Å². The minimum absolute atomic E-state index is 0.281. The highest BCUT2D eigenvalue weighted by atomic mass is 19.4. The van der Waals surface area contributed by atoms with E-state index >= 15 is 0 Å². The number of hydrogen-bond acceptors (Lipinski definition) is 3. The zero-order valence-electron chi connectivity index (χ0n) is 9.99. The molecule has 0 spiro atoms. The molecule has 0 N–H and O–H groups in total. The molecule has 0 atom stereocenters. The summed E-state index contributed by atoms with van der Waals surface area (Å²) in [6.07, 6.45) is -13.6. The van der Waals surface area contributed by atoms with Crippen LogP contribution in [-0.2, 0) is 9.47 Å². The lowest BCUT2D eigenvalue weighted by Crippen LogP contribution is -2.57. The lowest BCUT2D eigenvalue weighted by Gasteiger charge is -2.33. The first-order valence-electron chi connectivity index (χ1n) is 4.65. The third kappa shape index (κ3) is 3.95. The van der Waals surface area contributed by atoms with Crippen molar-refractivity contribution >= 4 is 6.16 Å². The van der Waals surface area contributed by atoms with Gasteiger partial charge >= 0.3 is 24.1 Å². The minimum atomic E-state index is -5.80. The summed E-state index contributed by atoms with van der Waals surface area (Å²) in [5.41, 5.74) is -5.88. The highest BCUT2D eigenvalue weighted by Gasteiger charge is 2.71. The number of ether oxygens (including phenoxy) is 2. The number of carbonyl (C=O) groups excluding carboxylic acids is 1. The predicted octanol–water partition coefficient (Wildman–Crippen LogP) is 3.82. The molecule has 0 aliphatic heterocycles. The van der Waals surface area contributed by atoms with Crippen molar-refractivity contribution in [1.82, 2.24) is 0 Å². The van der Waals surface area contributed by atoms with Gasteiger partial charge in [-0.2, -0.15) is 26.3 Å². The van der Waals surface area contributed by atoms with Crippen LogP contribution in [0.15, 0.2) is 0 Å². The molecule has 0 aliphatic carbocycles. The van der Waals surface area contributed by atoms with Gasteiger partial charge in [0.05, 0.1) is 0 Å². The van der Waals surface area contributed by atoms with Crippen LogP contribution in [-0.4, -0.2) is 29.7 Å². The molecule has 0 saturated carbocycles. The maximum Gasteiger partial charge on any atom is 0.510 e. The first kappa shape index (κ1) is 16.9. The van der Waals surface area contributed by atoms with E-state index in [9.17, 15) is 31.1 Å². The summed E-state index contributed by atoms with van der Waals surface area (Å²) < 4.78 is 81.7. The van der Waals surface area contributed by atoms with Crippen molar-refractivity contribution in [2.75, 3.05) is 0 Å². The molecule has 0 saturated heterocycles. The molecule has 0 fully saturated rings. The number of carbonyl (C=O) groups is 1. The molecule has 0 aromatic heterocycles. The summed E-state index contributed by atoms with van der Waals surface area (Å²) in [6, 6.07) is 0. The van der Waals surface area contributed by atoms with Crippen molar-refractivity contribution in [3.8, 4) is 0 Å². The Morgan fingerprint density at radius 1 is 0.778 bits per heavy atom. The molecular weight excluding hydrogens is 270 g/mol. The number of alkyl halides is 6. The van der Waals surface area contributed by atoms with Gasteiger partial charge in [0.25, 0.3) is 0 Å². The molecule has 0 aliphatic rings. The van der Waals surface area contributed by atoms with Crippen LogP contribution in [0.1, 0.15) is 27.7 Å². The van der Waals surface area contributed by atoms with E-state index < -0.39 is 29.7 Å². The number of rotatable bonds is 1. The van der Waals surface area contributed by atoms with Gasteiger partial charge in [0.1, 0.15) is 5.60 Å². The van der Waals surface area contributed by atoms with Crippen molar-refractivity contribution in [2.24, 2.45) is 0 Å². The van der Waals surface area contributed by atoms with E-state index in [-0.39, 0.29) is 6.92 Å². The molecule has 9 heteroatoms. The molecule has 0 aromatic carbocycles. The largest absolute Gasteiger partial charge is 0.510 e. The van der Waals surface area contributed by atoms with E-state index in [1.807, 2.05) is 0 Å². The van der Waals surface area contributed by atoms with Crippen LogP contribution in [0, 0.1) is 0 Å². The molecule has 0 rings (SSSR count). The van der Waals surface area contributed by atoms with Gasteiger partial charge in [0.15, 0.2) is 0 Å². The van der Waals surface area contributed by atoms with Crippen LogP contribution >= 0.6 is 0 Å². The second-order valence-corrected chi connectivity index (χ2v) is 4.60. The molecule has 0 bridgehead atoms. The van der Waals surface area contributed by atoms with E-state index in [1.54, 1.807) is 0 Å². The third-order valence-electron chi connectivity index (χ3n) is 1.76. The van der Waals surface area contributed by atoms with E-state index in [4.69, 9.17) is 0 Å². The Balaban J connectivity index is 5.13.